The van der Waals surface area contributed by atoms with E-state index >= 15 is 0 Å². The number of ether oxygens (including phenoxy) is 10. The van der Waals surface area contributed by atoms with Gasteiger partial charge in [-0.15, -0.1) is 0 Å². The summed E-state index contributed by atoms with van der Waals surface area (Å²) in [4.78, 5) is 24.5. The minimum Gasteiger partial charge on any atom is -0.490 e. The van der Waals surface area contributed by atoms with E-state index < -0.39 is 11.9 Å². The van der Waals surface area contributed by atoms with Crippen molar-refractivity contribution in [2.75, 3.05) is 67.1 Å². The molecule has 0 amide bonds. The monoisotopic (exact) mass is 660 g/mol. The minimum absolute atomic E-state index is 0.215. The van der Waals surface area contributed by atoms with Crippen molar-refractivity contribution in [1.29, 1.82) is 0 Å². The van der Waals surface area contributed by atoms with Crippen molar-refractivity contribution < 1.29 is 57.0 Å². The summed E-state index contributed by atoms with van der Waals surface area (Å²) < 4.78 is 56.3. The molecular formula is C36H36O12. The number of carbonyl (C=O) groups excluding carboxylic acids is 2. The zero-order valence-corrected chi connectivity index (χ0v) is 26.6. The van der Waals surface area contributed by atoms with Crippen LogP contribution in [0.3, 0.4) is 0 Å². The largest absolute Gasteiger partial charge is 0.490 e. The third kappa shape index (κ3) is 10.1. The first-order chi connectivity index (χ1) is 23.5. The molecule has 12 heteroatoms. The number of rotatable bonds is 2. The van der Waals surface area contributed by atoms with Gasteiger partial charge in [0.05, 0.1) is 25.3 Å². The fourth-order valence-electron chi connectivity index (χ4n) is 4.49. The molecule has 4 aromatic rings. The summed E-state index contributed by atoms with van der Waals surface area (Å²) in [5, 5.41) is 0. The van der Waals surface area contributed by atoms with Crippen molar-refractivity contribution in [3.05, 3.63) is 96.1 Å². The summed E-state index contributed by atoms with van der Waals surface area (Å²) in [6.07, 6.45) is 0. The molecule has 0 aromatic heterocycles. The van der Waals surface area contributed by atoms with Gasteiger partial charge in [0.15, 0.2) is 0 Å². The predicted octanol–water partition coefficient (Wildman–Crippen LogP) is 5.40. The van der Waals surface area contributed by atoms with E-state index in [-0.39, 0.29) is 52.9 Å². The number of carbonyl (C=O) groups is 2. The van der Waals surface area contributed by atoms with Gasteiger partial charge in [-0.1, -0.05) is 0 Å². The second-order valence-electron chi connectivity index (χ2n) is 10.1. The highest BCUT2D eigenvalue weighted by Gasteiger charge is 2.13. The first-order valence-corrected chi connectivity index (χ1v) is 15.2. The van der Waals surface area contributed by atoms with Gasteiger partial charge in [-0.25, -0.2) is 9.59 Å². The first-order valence-electron chi connectivity index (χ1n) is 15.2. The number of hydrogen-bond acceptors (Lipinski definition) is 12. The van der Waals surface area contributed by atoms with Crippen molar-refractivity contribution in [2.24, 2.45) is 0 Å². The molecule has 0 radical (unpaired) electrons. The lowest BCUT2D eigenvalue weighted by Gasteiger charge is -2.14. The molecule has 8 bridgehead atoms. The lowest BCUT2D eigenvalue weighted by Crippen LogP contribution is -2.12. The Hall–Kier alpha value is -5.78. The fourth-order valence-corrected chi connectivity index (χ4v) is 4.49. The van der Waals surface area contributed by atoms with Gasteiger partial charge in [0.2, 0.25) is 0 Å². The summed E-state index contributed by atoms with van der Waals surface area (Å²) >= 11 is 0. The Labute approximate surface area is 277 Å². The van der Waals surface area contributed by atoms with Crippen LogP contribution in [0.4, 0.5) is 0 Å². The Morgan fingerprint density at radius 1 is 0.375 bits per heavy atom. The van der Waals surface area contributed by atoms with E-state index in [1.165, 1.54) is 14.2 Å². The van der Waals surface area contributed by atoms with E-state index in [2.05, 4.69) is 0 Å². The Kier molecular flexibility index (Phi) is 12.0. The third-order valence-electron chi connectivity index (χ3n) is 6.73. The molecule has 0 aliphatic carbocycles. The molecule has 0 N–H and O–H groups in total. The zero-order valence-electron chi connectivity index (χ0n) is 26.6. The SMILES string of the molecule is COC(=O)c1cc2cc(c1)OCCOc1ccc(cc1)OCCOc1cc(cc(C(=O)OC)c1)OCCOc1ccc(cc1)OCCO2. The smallest absolute Gasteiger partial charge is 0.338 e. The van der Waals surface area contributed by atoms with Crippen LogP contribution >= 0.6 is 0 Å². The standard InChI is InChI=1S/C36H36O12/c1-39-35(37)25-19-31-23-32(20-25)46-16-12-42-28-5-9-30(10-6-28)44-14-18-48-34-22-26(36(38)40-2)21-33(24-34)47-17-13-43-29-7-3-27(4-8-29)41-11-15-45-31/h3-10,19-24H,11-18H2,1-2H3. The summed E-state index contributed by atoms with van der Waals surface area (Å²) in [5.74, 6) is 3.19. The summed E-state index contributed by atoms with van der Waals surface area (Å²) in [7, 11) is 2.62. The first kappa shape index (κ1) is 33.6. The summed E-state index contributed by atoms with van der Waals surface area (Å²) in [6, 6.07) is 23.9. The fraction of sp³-hybridized carbons (Fsp3) is 0.278. The second kappa shape index (κ2) is 17.2. The van der Waals surface area contributed by atoms with Gasteiger partial charge in [0, 0.05) is 12.1 Å². The van der Waals surface area contributed by atoms with Crippen LogP contribution in [0, 0.1) is 0 Å². The maximum absolute atomic E-state index is 12.2. The summed E-state index contributed by atoms with van der Waals surface area (Å²) in [6.45, 7) is 1.86. The summed E-state index contributed by atoms with van der Waals surface area (Å²) in [5.41, 5.74) is 0.581. The Bertz CT molecular complexity index is 1410. The van der Waals surface area contributed by atoms with Crippen LogP contribution < -0.4 is 37.9 Å². The van der Waals surface area contributed by atoms with E-state index in [1.807, 2.05) is 0 Å². The number of methoxy groups -OCH3 is 2. The van der Waals surface area contributed by atoms with E-state index in [4.69, 9.17) is 47.4 Å². The van der Waals surface area contributed by atoms with Crippen LogP contribution in [-0.4, -0.2) is 79.0 Å². The van der Waals surface area contributed by atoms with E-state index in [0.717, 1.165) is 0 Å². The normalized spacial score (nSPS) is 14.0. The van der Waals surface area contributed by atoms with Gasteiger partial charge in [-0.3, -0.25) is 0 Å². The van der Waals surface area contributed by atoms with Gasteiger partial charge in [0.25, 0.3) is 0 Å². The lowest BCUT2D eigenvalue weighted by molar-refractivity contribution is 0.0591. The Morgan fingerprint density at radius 3 is 0.792 bits per heavy atom. The average molecular weight is 661 g/mol. The molecule has 0 unspecified atom stereocenters. The molecule has 4 heterocycles. The molecule has 0 fully saturated rings. The molecule has 48 heavy (non-hydrogen) atoms. The molecule has 12 nitrogen and oxygen atoms in total. The van der Waals surface area contributed by atoms with Gasteiger partial charge >= 0.3 is 11.9 Å². The van der Waals surface area contributed by atoms with Crippen molar-refractivity contribution in [1.82, 2.24) is 0 Å². The van der Waals surface area contributed by atoms with Gasteiger partial charge < -0.3 is 47.4 Å². The molecule has 0 saturated heterocycles. The molecular weight excluding hydrogens is 624 g/mol. The zero-order chi connectivity index (χ0) is 33.6. The molecule has 0 spiro atoms. The number of hydrogen-bond donors (Lipinski definition) is 0. The van der Waals surface area contributed by atoms with Gasteiger partial charge in [-0.2, -0.15) is 0 Å². The van der Waals surface area contributed by atoms with Crippen molar-refractivity contribution in [3.63, 3.8) is 0 Å². The lowest BCUT2D eigenvalue weighted by atomic mass is 10.2. The predicted molar refractivity (Wildman–Crippen MR) is 172 cm³/mol. The van der Waals surface area contributed by atoms with Crippen LogP contribution in [0.25, 0.3) is 0 Å². The van der Waals surface area contributed by atoms with Crippen molar-refractivity contribution >= 4 is 11.9 Å². The van der Waals surface area contributed by atoms with Gasteiger partial charge in [0.1, 0.15) is 98.9 Å². The quantitative estimate of drug-likeness (QED) is 0.256. The number of esters is 2. The van der Waals surface area contributed by atoms with E-state index in [9.17, 15) is 9.59 Å². The maximum Gasteiger partial charge on any atom is 0.338 e. The van der Waals surface area contributed by atoms with Crippen LogP contribution in [0.5, 0.6) is 46.0 Å². The average Bonchev–Trinajstić information content (AvgIpc) is 3.12. The highest BCUT2D eigenvalue weighted by molar-refractivity contribution is 5.90. The second-order valence-corrected chi connectivity index (χ2v) is 10.1. The van der Waals surface area contributed by atoms with E-state index in [1.54, 1.807) is 84.9 Å². The Morgan fingerprint density at radius 2 is 0.583 bits per heavy atom. The minimum atomic E-state index is -0.515. The van der Waals surface area contributed by atoms with Crippen LogP contribution in [0.1, 0.15) is 20.7 Å². The number of benzene rings is 4. The maximum atomic E-state index is 12.2. The van der Waals surface area contributed by atoms with Crippen LogP contribution in [0.15, 0.2) is 84.9 Å². The molecule has 0 atom stereocenters. The van der Waals surface area contributed by atoms with E-state index in [0.29, 0.717) is 57.1 Å². The third-order valence-corrected chi connectivity index (χ3v) is 6.73. The van der Waals surface area contributed by atoms with Crippen molar-refractivity contribution in [3.8, 4) is 46.0 Å². The molecule has 8 rings (SSSR count). The highest BCUT2D eigenvalue weighted by Crippen LogP contribution is 2.26. The highest BCUT2D eigenvalue weighted by atomic mass is 16.6. The van der Waals surface area contributed by atoms with Crippen molar-refractivity contribution in [2.45, 2.75) is 0 Å². The van der Waals surface area contributed by atoms with Gasteiger partial charge in [-0.05, 0) is 72.8 Å². The van der Waals surface area contributed by atoms with Crippen LogP contribution in [0.2, 0.25) is 0 Å². The molecule has 4 aliphatic heterocycles. The molecule has 4 aromatic carbocycles. The molecule has 0 saturated carbocycles. The topological polar surface area (TPSA) is 126 Å². The van der Waals surface area contributed by atoms with Crippen LogP contribution in [-0.2, 0) is 9.47 Å². The Balaban J connectivity index is 1.26. The molecule has 252 valence electrons. The molecule has 4 aliphatic rings.